The summed E-state index contributed by atoms with van der Waals surface area (Å²) in [6.07, 6.45) is 1.39. The molecule has 1 radical (unpaired) electrons. The van der Waals surface area contributed by atoms with Crippen molar-refractivity contribution in [2.75, 3.05) is 11.9 Å². The minimum absolute atomic E-state index is 0.190. The molecule has 14 rings (SSSR count). The molecule has 10 aromatic rings. The summed E-state index contributed by atoms with van der Waals surface area (Å²) in [5.74, 6) is 4.02. The Labute approximate surface area is 394 Å². The van der Waals surface area contributed by atoms with Crippen LogP contribution in [-0.2, 0) is 10.1 Å². The molecule has 2 aromatic heterocycles. The van der Waals surface area contributed by atoms with Gasteiger partial charge in [0.15, 0.2) is 0 Å². The number of aliphatic imine (C=N–C) groups is 3. The maximum absolute atomic E-state index is 12.4. The van der Waals surface area contributed by atoms with Crippen LogP contribution in [0.2, 0.25) is 0 Å². The van der Waals surface area contributed by atoms with E-state index < -0.39 is 39.8 Å². The van der Waals surface area contributed by atoms with Crippen molar-refractivity contribution in [2.45, 2.75) is 37.8 Å². The molecule has 0 aliphatic carbocycles. The number of rotatable bonds is 5. The van der Waals surface area contributed by atoms with Crippen LogP contribution < -0.4 is 21.0 Å². The van der Waals surface area contributed by atoms with E-state index in [0.717, 1.165) is 117 Å². The van der Waals surface area contributed by atoms with Crippen molar-refractivity contribution in [1.29, 1.82) is 0 Å². The fourth-order valence-electron chi connectivity index (χ4n) is 10.5. The second-order valence-electron chi connectivity index (χ2n) is 17.6. The molecule has 12 nitrogen and oxygen atoms in total. The van der Waals surface area contributed by atoms with Gasteiger partial charge in [-0.2, -0.15) is 0 Å². The standard InChI is InChI=1S/C53H36N8O4S.In/c1-3-4-19-65-45-36-16-10-9-15-35(36)27(2)43-44(45)53-60-51-42-26-33-20-34(66(62,63)64)18-17-32(33)25-41(42)49(58-51)56-47-38-22-29-12-6-5-11-28(29)21-37(38)46(54-47)55-48-39-23-30-13-7-8-14-31(30)24-40(39)50(57-48)59-52(43)61-53;/h5-18,20-26,48,55H,3-4,19H2,1-2H3,(H-,56,57,58,59,60,61,62,63,64);/q-2;+2. The normalized spacial score (nSPS) is 15.7. The Hall–Kier alpha value is -7.13. The van der Waals surface area contributed by atoms with Gasteiger partial charge in [-0.15, -0.1) is 0 Å². The van der Waals surface area contributed by atoms with E-state index in [1.54, 1.807) is 6.07 Å². The quantitative estimate of drug-likeness (QED) is 0.130. The van der Waals surface area contributed by atoms with Gasteiger partial charge in [-0.3, -0.25) is 0 Å². The van der Waals surface area contributed by atoms with Crippen LogP contribution in [0.3, 0.4) is 0 Å². The zero-order valence-electron chi connectivity index (χ0n) is 36.1. The first-order valence-electron chi connectivity index (χ1n) is 22.4. The molecule has 6 heterocycles. The summed E-state index contributed by atoms with van der Waals surface area (Å²) in [6, 6.07) is 42.7. The zero-order chi connectivity index (χ0) is 44.9. The first-order chi connectivity index (χ1) is 32.7. The second kappa shape index (κ2) is 14.2. The van der Waals surface area contributed by atoms with Gasteiger partial charge in [0.25, 0.3) is 0 Å². The van der Waals surface area contributed by atoms with Crippen molar-refractivity contribution in [3.05, 3.63) is 166 Å². The second-order valence-corrected chi connectivity index (χ2v) is 22.7. The van der Waals surface area contributed by atoms with Crippen LogP contribution in [0, 0.1) is 6.92 Å². The van der Waals surface area contributed by atoms with Gasteiger partial charge >= 0.3 is 397 Å². The molecule has 2 N–H and O–H groups in total. The number of nitrogens with one attached hydrogen (secondary N) is 1. The third-order valence-electron chi connectivity index (χ3n) is 13.7. The third kappa shape index (κ3) is 5.76. The molecule has 321 valence electrons. The van der Waals surface area contributed by atoms with E-state index in [2.05, 4.69) is 121 Å². The number of unbranched alkanes of at least 4 members (excludes halogenated alkanes) is 1. The van der Waals surface area contributed by atoms with E-state index in [4.69, 9.17) is 29.7 Å². The number of amidine groups is 3. The number of aryl methyl sites for hydroxylation is 1. The van der Waals surface area contributed by atoms with Crippen molar-refractivity contribution >= 4 is 127 Å². The Bertz CT molecular complexity index is 4300. The Balaban J connectivity index is 1.20. The summed E-state index contributed by atoms with van der Waals surface area (Å²) < 4.78 is 46.6. The van der Waals surface area contributed by atoms with Gasteiger partial charge < -0.3 is 0 Å². The monoisotopic (exact) mass is 995 g/mol. The summed E-state index contributed by atoms with van der Waals surface area (Å²) in [7, 11) is -4.47. The van der Waals surface area contributed by atoms with Gasteiger partial charge in [0.1, 0.15) is 0 Å². The van der Waals surface area contributed by atoms with Crippen LogP contribution >= 0.6 is 0 Å². The molecule has 4 aliphatic heterocycles. The summed E-state index contributed by atoms with van der Waals surface area (Å²) in [4.78, 5) is 27.5. The van der Waals surface area contributed by atoms with E-state index in [1.807, 2.05) is 12.1 Å². The molecule has 0 saturated heterocycles. The molecular weight excluding hydrogens is 960 g/mol. The number of hydrogen-bond acceptors (Lipinski definition) is 9. The Morgan fingerprint density at radius 2 is 1.27 bits per heavy atom. The Morgan fingerprint density at radius 3 is 2.03 bits per heavy atom. The van der Waals surface area contributed by atoms with Gasteiger partial charge in [-0.05, 0) is 0 Å². The number of benzene rings is 8. The van der Waals surface area contributed by atoms with Crippen molar-refractivity contribution in [3.8, 4) is 5.75 Å². The number of hydrogen-bond donors (Lipinski definition) is 2. The molecule has 0 saturated carbocycles. The van der Waals surface area contributed by atoms with Crippen molar-refractivity contribution in [1.82, 2.24) is 5.11 Å². The van der Waals surface area contributed by atoms with Gasteiger partial charge in [0.05, 0.1) is 0 Å². The van der Waals surface area contributed by atoms with Crippen LogP contribution in [0.4, 0.5) is 11.6 Å². The van der Waals surface area contributed by atoms with Crippen LogP contribution in [0.5, 0.6) is 5.75 Å². The SMILES string of the molecule is CCCCOc1c2ccccc2c(C)c2c3[n]4c(c12)=NC1=NC(=Nc2c5cc6ccccc6cc5c([n]2[In]4)NC2N=C(N=3)c3cc4ccccc4cc32)c2cc3ccc(S(=O)(=O)O)cc3cc21. The topological polar surface area (TPSA) is 147 Å². The number of ether oxygens (including phenoxy) is 1. The molecule has 67 heavy (non-hydrogen) atoms. The fraction of sp³-hybridized carbons (Fsp3) is 0.113. The maximum atomic E-state index is 12.4. The molecule has 14 heteroatoms. The molecule has 4 aliphatic rings. The van der Waals surface area contributed by atoms with E-state index in [1.165, 1.54) is 12.1 Å². The molecule has 6 bridgehead atoms. The predicted octanol–water partition coefficient (Wildman–Crippen LogP) is 9.85. The number of aromatic nitrogens is 2. The zero-order valence-corrected chi connectivity index (χ0v) is 40.2. The van der Waals surface area contributed by atoms with Crippen LogP contribution in [-0.4, -0.2) is 65.7 Å². The molecule has 0 fully saturated rings. The molecule has 1 atom stereocenters. The number of anilines is 1. The number of nitrogens with zero attached hydrogens (tertiary/aromatic N) is 7. The first-order valence-corrected chi connectivity index (χ1v) is 26.8. The average molecular weight is 996 g/mol. The van der Waals surface area contributed by atoms with Crippen LogP contribution in [0.1, 0.15) is 53.7 Å². The van der Waals surface area contributed by atoms with Gasteiger partial charge in [-0.1, -0.05) is 0 Å². The third-order valence-corrected chi connectivity index (χ3v) is 18.7. The Morgan fingerprint density at radius 1 is 0.642 bits per heavy atom. The van der Waals surface area contributed by atoms with Gasteiger partial charge in [0, 0.05) is 0 Å². The molecule has 8 aromatic carbocycles. The van der Waals surface area contributed by atoms with Crippen molar-refractivity contribution in [2.24, 2.45) is 25.0 Å². The summed E-state index contributed by atoms with van der Waals surface area (Å²) >= 11 is -2.45. The molecule has 0 spiro atoms. The fourth-order valence-corrected chi connectivity index (χ4v) is 15.1. The van der Waals surface area contributed by atoms with Gasteiger partial charge in [0.2, 0.25) is 0 Å². The van der Waals surface area contributed by atoms with Crippen LogP contribution in [0.25, 0.3) is 64.6 Å². The Kier molecular flexibility index (Phi) is 8.28. The predicted molar refractivity (Wildman–Crippen MR) is 266 cm³/mol. The van der Waals surface area contributed by atoms with E-state index >= 15 is 0 Å². The average Bonchev–Trinajstić information content (AvgIpc) is 4.02. The van der Waals surface area contributed by atoms with Gasteiger partial charge in [-0.25, -0.2) is 0 Å². The van der Waals surface area contributed by atoms with E-state index in [-0.39, 0.29) is 4.90 Å². The van der Waals surface area contributed by atoms with Crippen molar-refractivity contribution in [3.63, 3.8) is 0 Å². The first kappa shape index (κ1) is 39.1. The summed E-state index contributed by atoms with van der Waals surface area (Å²) in [6.45, 7) is 4.85. The summed E-state index contributed by atoms with van der Waals surface area (Å²) in [5, 5.41) is 15.7. The molecule has 1 unspecified atom stereocenters. The number of fused-ring (bicyclic) bond motifs is 18. The molecular formula is C53H36InN8O4S. The van der Waals surface area contributed by atoms with Crippen LogP contribution in [0.15, 0.2) is 157 Å². The summed E-state index contributed by atoms with van der Waals surface area (Å²) in [5.41, 5.74) is 5.98. The van der Waals surface area contributed by atoms with E-state index in [9.17, 15) is 13.0 Å². The van der Waals surface area contributed by atoms with E-state index in [0.29, 0.717) is 40.6 Å². The van der Waals surface area contributed by atoms with Crippen molar-refractivity contribution < 1.29 is 17.7 Å². The minimum atomic E-state index is -4.47. The molecule has 0 amide bonds.